The molecular formula is C19H20ClN3O2. The maximum absolute atomic E-state index is 12.2. The van der Waals surface area contributed by atoms with Gasteiger partial charge in [0.1, 0.15) is 17.3 Å². The van der Waals surface area contributed by atoms with Crippen molar-refractivity contribution in [2.24, 2.45) is 5.92 Å². The normalized spacial score (nSPS) is 19.7. The highest BCUT2D eigenvalue weighted by molar-refractivity contribution is 6.31. The van der Waals surface area contributed by atoms with Crippen LogP contribution >= 0.6 is 11.6 Å². The Balaban J connectivity index is 1.48. The van der Waals surface area contributed by atoms with Gasteiger partial charge in [-0.25, -0.2) is 4.98 Å². The summed E-state index contributed by atoms with van der Waals surface area (Å²) in [5, 5.41) is 1.12. The van der Waals surface area contributed by atoms with Crippen molar-refractivity contribution in [2.75, 3.05) is 7.05 Å². The molecule has 0 amide bonds. The lowest BCUT2D eigenvalue weighted by molar-refractivity contribution is 0.277. The first kappa shape index (κ1) is 16.4. The number of halogens is 1. The van der Waals surface area contributed by atoms with E-state index in [-0.39, 0.29) is 5.56 Å². The summed E-state index contributed by atoms with van der Waals surface area (Å²) in [5.74, 6) is 3.95. The van der Waals surface area contributed by atoms with Crippen LogP contribution in [0, 0.1) is 5.92 Å². The first-order chi connectivity index (χ1) is 12.0. The van der Waals surface area contributed by atoms with Crippen molar-refractivity contribution in [1.82, 2.24) is 14.9 Å². The van der Waals surface area contributed by atoms with Crippen molar-refractivity contribution in [3.05, 3.63) is 63.1 Å². The quantitative estimate of drug-likeness (QED) is 0.751. The molecule has 25 heavy (non-hydrogen) atoms. The lowest BCUT2D eigenvalue weighted by atomic mass is 10.2. The van der Waals surface area contributed by atoms with E-state index in [1.54, 1.807) is 18.2 Å². The zero-order valence-corrected chi connectivity index (χ0v) is 15.0. The molecule has 0 spiro atoms. The molecule has 6 heteroatoms. The second-order valence-electron chi connectivity index (χ2n) is 6.97. The monoisotopic (exact) mass is 357 g/mol. The third-order valence-electron chi connectivity index (χ3n) is 4.72. The van der Waals surface area contributed by atoms with Crippen LogP contribution in [0.5, 0.6) is 0 Å². The fourth-order valence-electron chi connectivity index (χ4n) is 3.21. The molecule has 0 saturated heterocycles. The highest BCUT2D eigenvalue weighted by Crippen LogP contribution is 2.47. The predicted octanol–water partition coefficient (Wildman–Crippen LogP) is 3.92. The summed E-state index contributed by atoms with van der Waals surface area (Å²) < 4.78 is 5.94. The number of H-pyrrole nitrogens is 1. The van der Waals surface area contributed by atoms with Crippen LogP contribution in [-0.4, -0.2) is 21.9 Å². The molecule has 1 saturated carbocycles. The predicted molar refractivity (Wildman–Crippen MR) is 97.8 cm³/mol. The molecule has 1 aliphatic carbocycles. The standard InChI is InChI=1S/C19H20ClN3O2/c1-11-7-15(11)17-6-4-13(25-17)9-23(2)10-18-21-16-8-12(20)3-5-14(16)19(24)22-18/h3-6,8,11,15H,7,9-10H2,1-2H3,(H,21,22,24). The van der Waals surface area contributed by atoms with Crippen molar-refractivity contribution < 1.29 is 4.42 Å². The van der Waals surface area contributed by atoms with E-state index in [0.29, 0.717) is 40.8 Å². The number of hydrogen-bond donors (Lipinski definition) is 1. The number of benzene rings is 1. The lowest BCUT2D eigenvalue weighted by Crippen LogP contribution is -2.21. The number of furan rings is 1. The van der Waals surface area contributed by atoms with Gasteiger partial charge < -0.3 is 9.40 Å². The Bertz CT molecular complexity index is 978. The summed E-state index contributed by atoms with van der Waals surface area (Å²) in [6.07, 6.45) is 1.22. The van der Waals surface area contributed by atoms with Gasteiger partial charge in [0.2, 0.25) is 0 Å². The third kappa shape index (κ3) is 3.48. The van der Waals surface area contributed by atoms with Crippen LogP contribution in [0.1, 0.15) is 36.6 Å². The summed E-state index contributed by atoms with van der Waals surface area (Å²) in [6, 6.07) is 9.22. The minimum Gasteiger partial charge on any atom is -0.464 e. The molecule has 0 radical (unpaired) electrons. The lowest BCUT2D eigenvalue weighted by Gasteiger charge is -2.14. The van der Waals surface area contributed by atoms with E-state index >= 15 is 0 Å². The summed E-state index contributed by atoms with van der Waals surface area (Å²) in [6.45, 7) is 3.43. The molecule has 2 heterocycles. The Hall–Kier alpha value is -2.11. The second-order valence-corrected chi connectivity index (χ2v) is 7.41. The van der Waals surface area contributed by atoms with E-state index in [9.17, 15) is 4.79 Å². The molecule has 1 N–H and O–H groups in total. The maximum Gasteiger partial charge on any atom is 0.258 e. The van der Waals surface area contributed by atoms with E-state index in [1.165, 1.54) is 6.42 Å². The largest absolute Gasteiger partial charge is 0.464 e. The number of nitrogens with zero attached hydrogens (tertiary/aromatic N) is 2. The Morgan fingerprint density at radius 2 is 2.12 bits per heavy atom. The maximum atomic E-state index is 12.2. The molecular weight excluding hydrogens is 338 g/mol. The summed E-state index contributed by atoms with van der Waals surface area (Å²) in [4.78, 5) is 21.6. The van der Waals surface area contributed by atoms with Crippen molar-refractivity contribution in [1.29, 1.82) is 0 Å². The number of fused-ring (bicyclic) bond motifs is 1. The zero-order valence-electron chi connectivity index (χ0n) is 14.3. The zero-order chi connectivity index (χ0) is 17.6. The molecule has 1 fully saturated rings. The highest BCUT2D eigenvalue weighted by atomic mass is 35.5. The van der Waals surface area contributed by atoms with Crippen molar-refractivity contribution in [3.8, 4) is 0 Å². The average Bonchev–Trinajstić information content (AvgIpc) is 3.09. The van der Waals surface area contributed by atoms with Gasteiger partial charge in [0, 0.05) is 10.9 Å². The van der Waals surface area contributed by atoms with E-state index in [1.807, 2.05) is 13.1 Å². The first-order valence-corrected chi connectivity index (χ1v) is 8.83. The van der Waals surface area contributed by atoms with E-state index in [4.69, 9.17) is 16.0 Å². The highest BCUT2D eigenvalue weighted by Gasteiger charge is 2.36. The first-order valence-electron chi connectivity index (χ1n) is 8.45. The van der Waals surface area contributed by atoms with Crippen LogP contribution in [-0.2, 0) is 13.1 Å². The molecule has 130 valence electrons. The summed E-state index contributed by atoms with van der Waals surface area (Å²) >= 11 is 6.00. The Kier molecular flexibility index (Phi) is 4.13. The van der Waals surface area contributed by atoms with Gasteiger partial charge >= 0.3 is 0 Å². The van der Waals surface area contributed by atoms with Crippen molar-refractivity contribution in [2.45, 2.75) is 32.4 Å². The number of nitrogens with one attached hydrogen (secondary N) is 1. The molecule has 2 atom stereocenters. The molecule has 2 aromatic heterocycles. The molecule has 5 nitrogen and oxygen atoms in total. The number of aromatic amines is 1. The number of rotatable bonds is 5. The molecule has 0 bridgehead atoms. The van der Waals surface area contributed by atoms with E-state index < -0.39 is 0 Å². The number of aromatic nitrogens is 2. The van der Waals surface area contributed by atoms with Crippen LogP contribution in [0.2, 0.25) is 5.02 Å². The van der Waals surface area contributed by atoms with Crippen molar-refractivity contribution >= 4 is 22.5 Å². The summed E-state index contributed by atoms with van der Waals surface area (Å²) in [5.41, 5.74) is 0.468. The van der Waals surface area contributed by atoms with Gasteiger partial charge in [-0.2, -0.15) is 0 Å². The molecule has 2 unspecified atom stereocenters. The molecule has 4 rings (SSSR count). The number of hydrogen-bond acceptors (Lipinski definition) is 4. The molecule has 3 aromatic rings. The van der Waals surface area contributed by atoms with Gasteiger partial charge in [-0.15, -0.1) is 0 Å². The van der Waals surface area contributed by atoms with Crippen molar-refractivity contribution in [3.63, 3.8) is 0 Å². The van der Waals surface area contributed by atoms with Gasteiger partial charge in [0.05, 0.1) is 24.0 Å². The van der Waals surface area contributed by atoms with Gasteiger partial charge in [0.25, 0.3) is 5.56 Å². The summed E-state index contributed by atoms with van der Waals surface area (Å²) in [7, 11) is 1.98. The van der Waals surface area contributed by atoms with E-state index in [0.717, 1.165) is 17.4 Å². The Labute approximate surface area is 150 Å². The van der Waals surface area contributed by atoms with Gasteiger partial charge in [-0.05, 0) is 49.7 Å². The smallest absolute Gasteiger partial charge is 0.258 e. The minimum absolute atomic E-state index is 0.145. The minimum atomic E-state index is -0.145. The molecule has 1 aliphatic rings. The topological polar surface area (TPSA) is 62.1 Å². The fourth-order valence-corrected chi connectivity index (χ4v) is 3.38. The fraction of sp³-hybridized carbons (Fsp3) is 0.368. The van der Waals surface area contributed by atoms with Crippen LogP contribution in [0.4, 0.5) is 0 Å². The average molecular weight is 358 g/mol. The second kappa shape index (κ2) is 6.32. The third-order valence-corrected chi connectivity index (χ3v) is 4.96. The van der Waals surface area contributed by atoms with Crippen LogP contribution < -0.4 is 5.56 Å². The Morgan fingerprint density at radius 1 is 1.32 bits per heavy atom. The van der Waals surface area contributed by atoms with Crippen LogP contribution in [0.15, 0.2) is 39.5 Å². The Morgan fingerprint density at radius 3 is 2.88 bits per heavy atom. The van der Waals surface area contributed by atoms with Gasteiger partial charge in [-0.1, -0.05) is 18.5 Å². The van der Waals surface area contributed by atoms with Crippen LogP contribution in [0.25, 0.3) is 10.9 Å². The molecule has 1 aromatic carbocycles. The van der Waals surface area contributed by atoms with Crippen LogP contribution in [0.3, 0.4) is 0 Å². The molecule has 0 aliphatic heterocycles. The SMILES string of the molecule is CC1CC1c1ccc(CN(C)Cc2nc3cc(Cl)ccc3c(=O)[nH]2)o1. The van der Waals surface area contributed by atoms with E-state index in [2.05, 4.69) is 27.9 Å². The van der Waals surface area contributed by atoms with Gasteiger partial charge in [0.15, 0.2) is 0 Å². The van der Waals surface area contributed by atoms with Gasteiger partial charge in [-0.3, -0.25) is 9.69 Å².